The Bertz CT molecular complexity index is 1300. The van der Waals surface area contributed by atoms with Crippen LogP contribution in [0.2, 0.25) is 0 Å². The summed E-state index contributed by atoms with van der Waals surface area (Å²) in [6.45, 7) is 4.96. The molecule has 0 bridgehead atoms. The van der Waals surface area contributed by atoms with E-state index < -0.39 is 12.1 Å². The maximum atomic E-state index is 12.5. The Morgan fingerprint density at radius 1 is 0.350 bits per heavy atom. The van der Waals surface area contributed by atoms with Crippen molar-refractivity contribution in [1.82, 2.24) is 5.32 Å². The molecule has 3 N–H and O–H groups in total. The summed E-state index contributed by atoms with van der Waals surface area (Å²) in [6, 6.07) is -0.542. The molecule has 472 valence electrons. The number of allylic oxidation sites excluding steroid dienone is 6. The van der Waals surface area contributed by atoms with Crippen molar-refractivity contribution in [3.63, 3.8) is 0 Å². The first-order chi connectivity index (χ1) is 39.5. The standard InChI is InChI=1S/C74H141NO5/c1-3-5-7-9-11-13-15-17-19-21-32-35-38-42-46-50-54-58-62-66-72(77)71(70-76)75-73(78)67-63-59-55-51-47-43-39-36-33-30-28-26-24-22-23-25-27-29-31-34-37-41-45-49-53-57-61-65-69-80-74(79)68-64-60-56-52-48-44-40-20-18-16-14-12-10-8-6-4-2/h14,16,20,22-23,40,71-72,76-77H,3-13,15,17-19,21,24-39,41-70H2,1-2H3,(H,75,78)/b16-14-,23-22-,40-20-. The van der Waals surface area contributed by atoms with Crippen LogP contribution in [0.3, 0.4) is 0 Å². The van der Waals surface area contributed by atoms with E-state index in [4.69, 9.17) is 4.74 Å². The highest BCUT2D eigenvalue weighted by Crippen LogP contribution is 2.19. The van der Waals surface area contributed by atoms with E-state index in [0.717, 1.165) is 51.4 Å². The molecule has 0 saturated heterocycles. The predicted molar refractivity (Wildman–Crippen MR) is 352 cm³/mol. The van der Waals surface area contributed by atoms with Gasteiger partial charge in [-0.1, -0.05) is 339 Å². The summed E-state index contributed by atoms with van der Waals surface area (Å²) in [5.41, 5.74) is 0. The second-order valence-corrected chi connectivity index (χ2v) is 24.9. The fourth-order valence-electron chi connectivity index (χ4n) is 11.4. The van der Waals surface area contributed by atoms with Gasteiger partial charge in [-0.3, -0.25) is 9.59 Å². The van der Waals surface area contributed by atoms with Crippen LogP contribution in [0.5, 0.6) is 0 Å². The zero-order valence-corrected chi connectivity index (χ0v) is 54.1. The zero-order chi connectivity index (χ0) is 57.8. The summed E-state index contributed by atoms with van der Waals surface area (Å²) in [5, 5.41) is 23.4. The van der Waals surface area contributed by atoms with Gasteiger partial charge in [-0.2, -0.15) is 0 Å². The van der Waals surface area contributed by atoms with Crippen LogP contribution < -0.4 is 5.32 Å². The van der Waals surface area contributed by atoms with Gasteiger partial charge < -0.3 is 20.3 Å². The first kappa shape index (κ1) is 78.1. The summed E-state index contributed by atoms with van der Waals surface area (Å²) >= 11 is 0. The van der Waals surface area contributed by atoms with Crippen LogP contribution in [0.4, 0.5) is 0 Å². The van der Waals surface area contributed by atoms with Crippen molar-refractivity contribution in [2.24, 2.45) is 0 Å². The first-order valence-electron chi connectivity index (χ1n) is 36.2. The molecule has 0 saturated carbocycles. The lowest BCUT2D eigenvalue weighted by Crippen LogP contribution is -2.45. The van der Waals surface area contributed by atoms with Crippen molar-refractivity contribution >= 4 is 11.9 Å². The minimum Gasteiger partial charge on any atom is -0.466 e. The Balaban J connectivity index is 3.38. The highest BCUT2D eigenvalue weighted by Gasteiger charge is 2.20. The van der Waals surface area contributed by atoms with Crippen LogP contribution in [0, 0.1) is 0 Å². The van der Waals surface area contributed by atoms with E-state index in [1.165, 1.54) is 315 Å². The largest absolute Gasteiger partial charge is 0.466 e. The topological polar surface area (TPSA) is 95.9 Å². The Morgan fingerprint density at radius 2 is 0.625 bits per heavy atom. The van der Waals surface area contributed by atoms with Gasteiger partial charge in [0.1, 0.15) is 0 Å². The molecule has 0 aromatic heterocycles. The van der Waals surface area contributed by atoms with Crippen LogP contribution in [0.15, 0.2) is 36.5 Å². The smallest absolute Gasteiger partial charge is 0.305 e. The van der Waals surface area contributed by atoms with Crippen LogP contribution in [-0.4, -0.2) is 47.4 Å². The molecule has 0 rings (SSSR count). The maximum Gasteiger partial charge on any atom is 0.305 e. The minimum atomic E-state index is -0.665. The lowest BCUT2D eigenvalue weighted by Gasteiger charge is -2.22. The number of unbranched alkanes of at least 4 members (excludes halogenated alkanes) is 51. The Labute approximate surface area is 500 Å². The molecule has 0 aliphatic carbocycles. The van der Waals surface area contributed by atoms with Gasteiger partial charge in [-0.15, -0.1) is 0 Å². The molecule has 0 radical (unpaired) electrons. The highest BCUT2D eigenvalue weighted by atomic mass is 16.5. The van der Waals surface area contributed by atoms with Crippen LogP contribution in [0.1, 0.15) is 399 Å². The van der Waals surface area contributed by atoms with Gasteiger partial charge in [-0.25, -0.2) is 0 Å². The van der Waals surface area contributed by atoms with Gasteiger partial charge >= 0.3 is 5.97 Å². The number of amides is 1. The number of rotatable bonds is 68. The Hall–Kier alpha value is -1.92. The lowest BCUT2D eigenvalue weighted by molar-refractivity contribution is -0.143. The molecule has 0 fully saturated rings. The molecule has 0 heterocycles. The van der Waals surface area contributed by atoms with Crippen LogP contribution in [0.25, 0.3) is 0 Å². The number of esters is 1. The first-order valence-corrected chi connectivity index (χ1v) is 36.2. The van der Waals surface area contributed by atoms with E-state index in [1.807, 2.05) is 0 Å². The Morgan fingerprint density at radius 3 is 0.975 bits per heavy atom. The van der Waals surface area contributed by atoms with Gasteiger partial charge in [-0.05, 0) is 83.5 Å². The number of carbonyl (C=O) groups excluding carboxylic acids is 2. The molecule has 6 heteroatoms. The third kappa shape index (κ3) is 65.2. The SMILES string of the molecule is CCCCCC/C=C\C/C=C\CCCCCCCC(=O)OCCCCCCCCCCCCCC/C=C\CCCCCCCCCCCCCCC(=O)NC(CO)C(O)CCCCCCCCCCCCCCCCCCCCC. The van der Waals surface area contributed by atoms with Crippen LogP contribution in [-0.2, 0) is 14.3 Å². The molecule has 0 aromatic rings. The fourth-order valence-corrected chi connectivity index (χ4v) is 11.4. The maximum absolute atomic E-state index is 12.5. The van der Waals surface area contributed by atoms with Crippen LogP contribution >= 0.6 is 0 Å². The fraction of sp³-hybridized carbons (Fsp3) is 0.892. The second-order valence-electron chi connectivity index (χ2n) is 24.9. The van der Waals surface area contributed by atoms with E-state index in [2.05, 4.69) is 55.6 Å². The molecule has 0 aromatic carbocycles. The summed E-state index contributed by atoms with van der Waals surface area (Å²) < 4.78 is 5.49. The quantitative estimate of drug-likeness (QED) is 0.0320. The molecule has 0 aliphatic heterocycles. The van der Waals surface area contributed by atoms with Gasteiger partial charge in [0.25, 0.3) is 0 Å². The third-order valence-electron chi connectivity index (χ3n) is 16.9. The summed E-state index contributed by atoms with van der Waals surface area (Å²) in [6.07, 6.45) is 89.1. The molecule has 2 atom stereocenters. The summed E-state index contributed by atoms with van der Waals surface area (Å²) in [7, 11) is 0. The number of aliphatic hydroxyl groups is 2. The van der Waals surface area contributed by atoms with Gasteiger partial charge in [0, 0.05) is 12.8 Å². The van der Waals surface area contributed by atoms with E-state index >= 15 is 0 Å². The van der Waals surface area contributed by atoms with Crippen molar-refractivity contribution in [2.45, 2.75) is 411 Å². The van der Waals surface area contributed by atoms with Crippen molar-refractivity contribution < 1.29 is 24.5 Å². The zero-order valence-electron chi connectivity index (χ0n) is 54.1. The molecule has 6 nitrogen and oxygen atoms in total. The molecule has 1 amide bonds. The number of aliphatic hydroxyl groups excluding tert-OH is 2. The molecule has 80 heavy (non-hydrogen) atoms. The van der Waals surface area contributed by atoms with E-state index in [0.29, 0.717) is 25.9 Å². The lowest BCUT2D eigenvalue weighted by atomic mass is 10.0. The van der Waals surface area contributed by atoms with Crippen molar-refractivity contribution in [2.75, 3.05) is 13.2 Å². The van der Waals surface area contributed by atoms with Gasteiger partial charge in [0.15, 0.2) is 0 Å². The Kier molecular flexibility index (Phi) is 67.9. The summed E-state index contributed by atoms with van der Waals surface area (Å²) in [5.74, 6) is -0.0284. The number of carbonyl (C=O) groups is 2. The molecular weight excluding hydrogens is 983 g/mol. The molecule has 0 aliphatic rings. The normalized spacial score (nSPS) is 12.7. The average molecular weight is 1120 g/mol. The number of hydrogen-bond acceptors (Lipinski definition) is 5. The van der Waals surface area contributed by atoms with E-state index in [9.17, 15) is 19.8 Å². The predicted octanol–water partition coefficient (Wildman–Crippen LogP) is 23.5. The molecule has 2 unspecified atom stereocenters. The van der Waals surface area contributed by atoms with Gasteiger partial charge in [0.2, 0.25) is 5.91 Å². The average Bonchev–Trinajstić information content (AvgIpc) is 3.46. The number of ether oxygens (including phenoxy) is 1. The second kappa shape index (κ2) is 69.6. The monoisotopic (exact) mass is 1120 g/mol. The third-order valence-corrected chi connectivity index (χ3v) is 16.9. The highest BCUT2D eigenvalue weighted by molar-refractivity contribution is 5.76. The van der Waals surface area contributed by atoms with E-state index in [-0.39, 0.29) is 18.5 Å². The summed E-state index contributed by atoms with van der Waals surface area (Å²) in [4.78, 5) is 24.6. The van der Waals surface area contributed by atoms with E-state index in [1.54, 1.807) is 0 Å². The van der Waals surface area contributed by atoms with Gasteiger partial charge in [0.05, 0.1) is 25.4 Å². The van der Waals surface area contributed by atoms with Crippen molar-refractivity contribution in [3.05, 3.63) is 36.5 Å². The number of hydrogen-bond donors (Lipinski definition) is 3. The van der Waals surface area contributed by atoms with Crippen molar-refractivity contribution in [1.29, 1.82) is 0 Å². The minimum absolute atomic E-state index is 0.00288. The van der Waals surface area contributed by atoms with Crippen molar-refractivity contribution in [3.8, 4) is 0 Å². The number of nitrogens with one attached hydrogen (secondary N) is 1. The molecular formula is C74H141NO5. The molecule has 0 spiro atoms.